The number of hydrogen-bond acceptors (Lipinski definition) is 6. The molecule has 2 aromatic carbocycles. The molecule has 2 atom stereocenters. The van der Waals surface area contributed by atoms with Crippen LogP contribution in [0.5, 0.6) is 5.75 Å². The van der Waals surface area contributed by atoms with Crippen molar-refractivity contribution in [2.75, 3.05) is 26.0 Å². The van der Waals surface area contributed by atoms with Crippen molar-refractivity contribution in [1.29, 1.82) is 0 Å². The Balaban J connectivity index is 1.54. The van der Waals surface area contributed by atoms with E-state index < -0.39 is 21.7 Å². The number of aliphatic hydroxyl groups excluding tert-OH is 1. The number of nitrogens with zero attached hydrogens (tertiary/aromatic N) is 1. The van der Waals surface area contributed by atoms with Crippen LogP contribution in [0, 0.1) is 5.82 Å². The Kier molecular flexibility index (Phi) is 7.92. The van der Waals surface area contributed by atoms with Gasteiger partial charge in [0.05, 0.1) is 24.5 Å². The van der Waals surface area contributed by atoms with Crippen LogP contribution >= 0.6 is 23.2 Å². The lowest BCUT2D eigenvalue weighted by atomic mass is 10.0. The predicted octanol–water partition coefficient (Wildman–Crippen LogP) is 4.28. The first-order chi connectivity index (χ1) is 16.5. The molecule has 1 saturated carbocycles. The molecular formula is C24H27Cl2FN2O5S. The van der Waals surface area contributed by atoms with Gasteiger partial charge in [0.25, 0.3) is 5.91 Å². The molecule has 2 fully saturated rings. The third-order valence-electron chi connectivity index (χ3n) is 6.23. The predicted molar refractivity (Wildman–Crippen MR) is 132 cm³/mol. The molecule has 11 heteroatoms. The van der Waals surface area contributed by atoms with Crippen molar-refractivity contribution in [1.82, 2.24) is 9.62 Å². The van der Waals surface area contributed by atoms with Crippen LogP contribution in [0.4, 0.5) is 4.39 Å². The van der Waals surface area contributed by atoms with Gasteiger partial charge < -0.3 is 9.84 Å². The minimum atomic E-state index is -3.82. The lowest BCUT2D eigenvalue weighted by Gasteiger charge is -2.38. The van der Waals surface area contributed by atoms with Crippen molar-refractivity contribution in [2.24, 2.45) is 0 Å². The van der Waals surface area contributed by atoms with Gasteiger partial charge in [-0.15, -0.1) is 0 Å². The standard InChI is InChI=1S/C24H27Cl2FN2O5S/c1-35(32,33)28-24(31)20-10-19(14-4-5-14)23(11-21(20)27)34-18-3-2-6-29(12-18)22(13-30)15-7-16(25)9-17(26)8-15/h7-11,14,18,22,30H,2-6,12-13H2,1H3,(H,28,31)/t18-,22?/m1/s1. The molecule has 2 N–H and O–H groups in total. The van der Waals surface area contributed by atoms with Crippen molar-refractivity contribution < 1.29 is 27.4 Å². The van der Waals surface area contributed by atoms with Crippen LogP contribution in [-0.4, -0.2) is 56.4 Å². The Morgan fingerprint density at radius 3 is 2.49 bits per heavy atom. The number of hydrogen-bond donors (Lipinski definition) is 2. The van der Waals surface area contributed by atoms with Gasteiger partial charge >= 0.3 is 0 Å². The summed E-state index contributed by atoms with van der Waals surface area (Å²) in [6.45, 7) is 1.11. The zero-order valence-corrected chi connectivity index (χ0v) is 21.5. The van der Waals surface area contributed by atoms with Crippen LogP contribution in [0.3, 0.4) is 0 Å². The number of rotatable bonds is 8. The zero-order chi connectivity index (χ0) is 25.3. The van der Waals surface area contributed by atoms with E-state index in [0.717, 1.165) is 44.0 Å². The van der Waals surface area contributed by atoms with Crippen molar-refractivity contribution in [3.63, 3.8) is 0 Å². The Morgan fingerprint density at radius 1 is 1.20 bits per heavy atom. The molecule has 1 aliphatic carbocycles. The van der Waals surface area contributed by atoms with Gasteiger partial charge in [0.15, 0.2) is 0 Å². The maximum Gasteiger partial charge on any atom is 0.267 e. The van der Waals surface area contributed by atoms with Gasteiger partial charge in [0, 0.05) is 22.7 Å². The second-order valence-corrected chi connectivity index (χ2v) is 11.7. The fourth-order valence-corrected chi connectivity index (χ4v) is 5.50. The van der Waals surface area contributed by atoms with Gasteiger partial charge in [-0.25, -0.2) is 17.5 Å². The lowest BCUT2D eigenvalue weighted by Crippen LogP contribution is -2.44. The first kappa shape index (κ1) is 26.2. The minimum Gasteiger partial charge on any atom is -0.489 e. The summed E-state index contributed by atoms with van der Waals surface area (Å²) in [7, 11) is -3.82. The van der Waals surface area contributed by atoms with E-state index in [1.807, 2.05) is 4.72 Å². The van der Waals surface area contributed by atoms with Gasteiger partial charge in [-0.1, -0.05) is 23.2 Å². The van der Waals surface area contributed by atoms with Crippen LogP contribution in [0.2, 0.25) is 10.0 Å². The monoisotopic (exact) mass is 544 g/mol. The number of piperidine rings is 1. The number of ether oxygens (including phenoxy) is 1. The molecule has 1 heterocycles. The third kappa shape index (κ3) is 6.65. The van der Waals surface area contributed by atoms with Crippen LogP contribution in [0.15, 0.2) is 30.3 Å². The van der Waals surface area contributed by atoms with Gasteiger partial charge in [-0.3, -0.25) is 9.69 Å². The SMILES string of the molecule is CS(=O)(=O)NC(=O)c1cc(C2CC2)c(O[C@@H]2CCCN(C(CO)c3cc(Cl)cc(Cl)c3)C2)cc1F. The molecule has 1 amide bonds. The number of sulfonamides is 1. The number of halogens is 3. The van der Waals surface area contributed by atoms with Gasteiger partial charge in [-0.2, -0.15) is 0 Å². The summed E-state index contributed by atoms with van der Waals surface area (Å²) in [5.41, 5.74) is 1.17. The van der Waals surface area contributed by atoms with Crippen LogP contribution < -0.4 is 9.46 Å². The smallest absolute Gasteiger partial charge is 0.267 e. The largest absolute Gasteiger partial charge is 0.489 e. The van der Waals surface area contributed by atoms with E-state index in [1.165, 1.54) is 12.1 Å². The van der Waals surface area contributed by atoms with E-state index in [2.05, 4.69) is 4.90 Å². The molecule has 7 nitrogen and oxygen atoms in total. The summed E-state index contributed by atoms with van der Waals surface area (Å²) in [4.78, 5) is 14.4. The second kappa shape index (κ2) is 10.6. The lowest BCUT2D eigenvalue weighted by molar-refractivity contribution is 0.0393. The molecule has 1 unspecified atom stereocenters. The maximum absolute atomic E-state index is 14.8. The van der Waals surface area contributed by atoms with E-state index in [9.17, 15) is 22.7 Å². The number of aliphatic hydroxyl groups is 1. The molecule has 0 spiro atoms. The average molecular weight is 545 g/mol. The van der Waals surface area contributed by atoms with Crippen LogP contribution in [0.1, 0.15) is 59.1 Å². The first-order valence-electron chi connectivity index (χ1n) is 11.4. The van der Waals surface area contributed by atoms with E-state index >= 15 is 0 Å². The first-order valence-corrected chi connectivity index (χ1v) is 14.0. The second-order valence-electron chi connectivity index (χ2n) is 9.13. The Morgan fingerprint density at radius 2 is 1.89 bits per heavy atom. The highest BCUT2D eigenvalue weighted by Gasteiger charge is 2.33. The molecule has 190 valence electrons. The van der Waals surface area contributed by atoms with E-state index in [4.69, 9.17) is 27.9 Å². The molecule has 4 rings (SSSR count). The van der Waals surface area contributed by atoms with Gasteiger partial charge in [0.2, 0.25) is 10.0 Å². The molecule has 1 aliphatic heterocycles. The van der Waals surface area contributed by atoms with E-state index in [0.29, 0.717) is 27.9 Å². The highest BCUT2D eigenvalue weighted by molar-refractivity contribution is 7.89. The Hall–Kier alpha value is -1.91. The zero-order valence-electron chi connectivity index (χ0n) is 19.1. The average Bonchev–Trinajstić information content (AvgIpc) is 3.58. The normalized spacial score (nSPS) is 19.9. The third-order valence-corrected chi connectivity index (χ3v) is 7.22. The summed E-state index contributed by atoms with van der Waals surface area (Å²) in [6, 6.07) is 7.44. The number of carbonyl (C=O) groups excluding carboxylic acids is 1. The molecule has 0 radical (unpaired) electrons. The summed E-state index contributed by atoms with van der Waals surface area (Å²) in [5.74, 6) is -1.36. The molecule has 0 aromatic heterocycles. The molecule has 2 aromatic rings. The number of likely N-dealkylation sites (tertiary alicyclic amines) is 1. The number of benzene rings is 2. The van der Waals surface area contributed by atoms with Gasteiger partial charge in [0.1, 0.15) is 17.7 Å². The van der Waals surface area contributed by atoms with Gasteiger partial charge in [-0.05, 0) is 73.5 Å². The summed E-state index contributed by atoms with van der Waals surface area (Å²) in [6.07, 6.45) is 3.90. The van der Waals surface area contributed by atoms with Crippen molar-refractivity contribution in [2.45, 2.75) is 43.7 Å². The fraction of sp³-hybridized carbons (Fsp3) is 0.458. The summed E-state index contributed by atoms with van der Waals surface area (Å²) in [5, 5.41) is 11.1. The van der Waals surface area contributed by atoms with Crippen LogP contribution in [-0.2, 0) is 10.0 Å². The van der Waals surface area contributed by atoms with E-state index in [-0.39, 0.29) is 30.2 Å². The number of carbonyl (C=O) groups is 1. The Labute approximate surface area is 214 Å². The topological polar surface area (TPSA) is 95.9 Å². The summed E-state index contributed by atoms with van der Waals surface area (Å²) >= 11 is 12.3. The highest BCUT2D eigenvalue weighted by atomic mass is 35.5. The highest BCUT2D eigenvalue weighted by Crippen LogP contribution is 2.45. The molecular weight excluding hydrogens is 518 g/mol. The van der Waals surface area contributed by atoms with Crippen LogP contribution in [0.25, 0.3) is 0 Å². The quantitative estimate of drug-likeness (QED) is 0.515. The molecule has 0 bridgehead atoms. The molecule has 35 heavy (non-hydrogen) atoms. The van der Waals surface area contributed by atoms with Crippen molar-refractivity contribution >= 4 is 39.1 Å². The van der Waals surface area contributed by atoms with Crippen molar-refractivity contribution in [3.05, 3.63) is 62.9 Å². The Bertz CT molecular complexity index is 1200. The fourth-order valence-electron chi connectivity index (χ4n) is 4.51. The molecule has 1 saturated heterocycles. The minimum absolute atomic E-state index is 0.129. The number of amides is 1. The maximum atomic E-state index is 14.8. The molecule has 2 aliphatic rings. The summed E-state index contributed by atoms with van der Waals surface area (Å²) < 4.78 is 45.8. The number of nitrogens with one attached hydrogen (secondary N) is 1. The van der Waals surface area contributed by atoms with E-state index in [1.54, 1.807) is 18.2 Å². The van der Waals surface area contributed by atoms with Crippen molar-refractivity contribution in [3.8, 4) is 5.75 Å².